The molecule has 3 aliphatic rings. The summed E-state index contributed by atoms with van der Waals surface area (Å²) < 4.78 is 35.0. The molecular formula is C18H24F2N6O4. The lowest BCUT2D eigenvalue weighted by Crippen LogP contribution is -2.48. The fourth-order valence-corrected chi connectivity index (χ4v) is 3.80. The van der Waals surface area contributed by atoms with E-state index >= 15 is 0 Å². The second kappa shape index (κ2) is 8.49. The van der Waals surface area contributed by atoms with Gasteiger partial charge in [0.05, 0.1) is 37.4 Å². The summed E-state index contributed by atoms with van der Waals surface area (Å²) in [6.07, 6.45) is 1.22. The summed E-state index contributed by atoms with van der Waals surface area (Å²) >= 11 is 0. The Bertz CT molecular complexity index is 815. The van der Waals surface area contributed by atoms with Crippen molar-refractivity contribution >= 4 is 12.0 Å². The fourth-order valence-electron chi connectivity index (χ4n) is 3.80. The van der Waals surface area contributed by atoms with E-state index in [0.29, 0.717) is 0 Å². The lowest BCUT2D eigenvalue weighted by molar-refractivity contribution is -0.119. The molecule has 0 radical (unpaired) electrons. The molecule has 2 aliphatic heterocycles. The van der Waals surface area contributed by atoms with Gasteiger partial charge in [-0.1, -0.05) is 5.11 Å². The molecule has 1 atom stereocenters. The zero-order valence-electron chi connectivity index (χ0n) is 16.6. The summed E-state index contributed by atoms with van der Waals surface area (Å²) in [7, 11) is 0. The van der Waals surface area contributed by atoms with Gasteiger partial charge in [-0.05, 0) is 30.5 Å². The number of nitrogens with one attached hydrogen (secondary N) is 1. The molecule has 2 heterocycles. The molecule has 3 rings (SSSR count). The van der Waals surface area contributed by atoms with Crippen molar-refractivity contribution in [2.75, 3.05) is 32.7 Å². The summed E-state index contributed by atoms with van der Waals surface area (Å²) in [6.45, 7) is 1.85. The number of aliphatic hydroxyl groups is 1. The molecule has 10 nitrogen and oxygen atoms in total. The second-order valence-corrected chi connectivity index (χ2v) is 7.74. The van der Waals surface area contributed by atoms with Crippen LogP contribution in [0.15, 0.2) is 28.7 Å². The number of halogens is 2. The first kappa shape index (κ1) is 21.8. The molecule has 2 saturated heterocycles. The largest absolute Gasteiger partial charge is 0.442 e. The Labute approximate surface area is 171 Å². The predicted molar refractivity (Wildman–Crippen MR) is 101 cm³/mol. The average Bonchev–Trinajstić information content (AvgIpc) is 3.06. The number of rotatable bonds is 6. The number of ether oxygens (including phenoxy) is 1. The van der Waals surface area contributed by atoms with Crippen LogP contribution in [-0.2, 0) is 9.53 Å². The Morgan fingerprint density at radius 2 is 2.13 bits per heavy atom. The minimum Gasteiger partial charge on any atom is -0.442 e. The third kappa shape index (κ3) is 4.82. The standard InChI is InChI=1S/C18H24F2N6O4/c1-12(27)22-9-14-10-26(16(28)30-14)13-2-3-15(18(19,20)8-13)25-6-4-17(29,5-7-25)11-23-24-21/h2-3,14,29H,4-11H2,1H3,(H,22,27). The van der Waals surface area contributed by atoms with Crippen molar-refractivity contribution in [3.63, 3.8) is 0 Å². The van der Waals surface area contributed by atoms with E-state index < -0.39 is 30.1 Å². The number of azide groups is 1. The molecule has 0 aromatic heterocycles. The first-order valence-electron chi connectivity index (χ1n) is 9.63. The molecule has 164 valence electrons. The number of likely N-dealkylation sites (tertiary alicyclic amines) is 1. The highest BCUT2D eigenvalue weighted by Gasteiger charge is 2.45. The van der Waals surface area contributed by atoms with Gasteiger partial charge in [-0.3, -0.25) is 9.69 Å². The van der Waals surface area contributed by atoms with Crippen LogP contribution in [0.25, 0.3) is 10.4 Å². The molecule has 2 fully saturated rings. The van der Waals surface area contributed by atoms with Crippen LogP contribution in [0.5, 0.6) is 0 Å². The number of piperidine rings is 1. The molecule has 0 bridgehead atoms. The van der Waals surface area contributed by atoms with Gasteiger partial charge in [-0.15, -0.1) is 0 Å². The van der Waals surface area contributed by atoms with Gasteiger partial charge in [-0.2, -0.15) is 8.78 Å². The highest BCUT2D eigenvalue weighted by Crippen LogP contribution is 2.40. The molecule has 0 aromatic rings. The van der Waals surface area contributed by atoms with Crippen LogP contribution in [0.2, 0.25) is 0 Å². The van der Waals surface area contributed by atoms with Crippen molar-refractivity contribution in [1.82, 2.24) is 15.1 Å². The number of allylic oxidation sites excluding steroid dienone is 4. The number of amides is 2. The maximum absolute atomic E-state index is 14.9. The van der Waals surface area contributed by atoms with Crippen LogP contribution in [0.4, 0.5) is 13.6 Å². The zero-order valence-corrected chi connectivity index (χ0v) is 16.6. The van der Waals surface area contributed by atoms with Crippen LogP contribution in [0, 0.1) is 0 Å². The smallest absolute Gasteiger partial charge is 0.414 e. The Morgan fingerprint density at radius 3 is 2.73 bits per heavy atom. The summed E-state index contributed by atoms with van der Waals surface area (Å²) in [5.74, 6) is -3.46. The number of cyclic esters (lactones) is 1. The Hall–Kier alpha value is -2.85. The fraction of sp³-hybridized carbons (Fsp3) is 0.667. The molecule has 0 saturated carbocycles. The first-order chi connectivity index (χ1) is 14.1. The average molecular weight is 426 g/mol. The minimum absolute atomic E-state index is 0.0837. The molecule has 2 N–H and O–H groups in total. The lowest BCUT2D eigenvalue weighted by Gasteiger charge is -2.42. The van der Waals surface area contributed by atoms with Gasteiger partial charge in [0.2, 0.25) is 5.91 Å². The maximum atomic E-state index is 14.9. The monoisotopic (exact) mass is 426 g/mol. The van der Waals surface area contributed by atoms with Crippen molar-refractivity contribution in [1.29, 1.82) is 0 Å². The van der Waals surface area contributed by atoms with E-state index in [-0.39, 0.29) is 62.9 Å². The summed E-state index contributed by atoms with van der Waals surface area (Å²) in [5, 5.41) is 16.3. The van der Waals surface area contributed by atoms with Gasteiger partial charge >= 0.3 is 6.09 Å². The van der Waals surface area contributed by atoms with Gasteiger partial charge < -0.3 is 20.1 Å². The quantitative estimate of drug-likeness (QED) is 0.380. The molecule has 0 aromatic carbocycles. The summed E-state index contributed by atoms with van der Waals surface area (Å²) in [4.78, 5) is 28.4. The second-order valence-electron chi connectivity index (χ2n) is 7.74. The number of hydrogen-bond acceptors (Lipinski definition) is 6. The Balaban J connectivity index is 1.67. The van der Waals surface area contributed by atoms with Crippen molar-refractivity contribution in [3.05, 3.63) is 34.0 Å². The van der Waals surface area contributed by atoms with E-state index in [4.69, 9.17) is 10.3 Å². The predicted octanol–water partition coefficient (Wildman–Crippen LogP) is 1.89. The molecule has 12 heteroatoms. The summed E-state index contributed by atoms with van der Waals surface area (Å²) in [6, 6.07) is 0. The number of carbonyl (C=O) groups is 2. The van der Waals surface area contributed by atoms with Crippen molar-refractivity contribution < 1.29 is 28.2 Å². The first-order valence-corrected chi connectivity index (χ1v) is 9.63. The van der Waals surface area contributed by atoms with Gasteiger partial charge in [0.1, 0.15) is 6.10 Å². The van der Waals surface area contributed by atoms with Crippen LogP contribution in [0.1, 0.15) is 26.2 Å². The van der Waals surface area contributed by atoms with Gasteiger partial charge in [0.25, 0.3) is 5.92 Å². The van der Waals surface area contributed by atoms with Crippen LogP contribution in [-0.4, -0.2) is 77.3 Å². The Morgan fingerprint density at radius 1 is 1.43 bits per heavy atom. The third-order valence-corrected chi connectivity index (χ3v) is 5.47. The molecule has 0 spiro atoms. The van der Waals surface area contributed by atoms with E-state index in [9.17, 15) is 23.5 Å². The van der Waals surface area contributed by atoms with Crippen molar-refractivity contribution in [3.8, 4) is 0 Å². The van der Waals surface area contributed by atoms with E-state index in [1.807, 2.05) is 0 Å². The van der Waals surface area contributed by atoms with Crippen LogP contribution >= 0.6 is 0 Å². The van der Waals surface area contributed by atoms with E-state index in [2.05, 4.69) is 15.3 Å². The molecule has 1 aliphatic carbocycles. The van der Waals surface area contributed by atoms with E-state index in [1.165, 1.54) is 28.9 Å². The molecule has 30 heavy (non-hydrogen) atoms. The van der Waals surface area contributed by atoms with Gasteiger partial charge in [-0.25, -0.2) is 4.79 Å². The number of hydrogen-bond donors (Lipinski definition) is 2. The number of alkyl halides is 2. The molecule has 1 unspecified atom stereocenters. The SMILES string of the molecule is CC(=O)NCC1CN(C2=CC=C(N3CCC(O)(CN=[N+]=[N-])CC3)C(F)(F)C2)C(=O)O1. The van der Waals surface area contributed by atoms with Crippen molar-refractivity contribution in [2.24, 2.45) is 5.11 Å². The van der Waals surface area contributed by atoms with E-state index in [1.54, 1.807) is 0 Å². The summed E-state index contributed by atoms with van der Waals surface area (Å²) in [5.41, 5.74) is 7.20. The third-order valence-electron chi connectivity index (χ3n) is 5.47. The topological polar surface area (TPSA) is 131 Å². The van der Waals surface area contributed by atoms with Crippen molar-refractivity contribution in [2.45, 2.75) is 43.8 Å². The van der Waals surface area contributed by atoms with Gasteiger partial charge in [0.15, 0.2) is 0 Å². The normalized spacial score (nSPS) is 25.1. The number of carbonyl (C=O) groups excluding carboxylic acids is 2. The van der Waals surface area contributed by atoms with Gasteiger partial charge in [0, 0.05) is 30.6 Å². The Kier molecular flexibility index (Phi) is 6.18. The molecule has 2 amide bonds. The number of nitrogens with zero attached hydrogens (tertiary/aromatic N) is 5. The van der Waals surface area contributed by atoms with E-state index in [0.717, 1.165) is 0 Å². The minimum atomic E-state index is -3.19. The maximum Gasteiger partial charge on any atom is 0.414 e. The van der Waals surface area contributed by atoms with Crippen LogP contribution < -0.4 is 5.32 Å². The zero-order chi connectivity index (χ0) is 21.9. The lowest BCUT2D eigenvalue weighted by atomic mass is 9.90. The highest BCUT2D eigenvalue weighted by molar-refractivity contribution is 5.74. The van der Waals surface area contributed by atoms with Crippen LogP contribution in [0.3, 0.4) is 0 Å². The highest BCUT2D eigenvalue weighted by atomic mass is 19.3. The molecular weight excluding hydrogens is 402 g/mol.